The summed E-state index contributed by atoms with van der Waals surface area (Å²) in [5.74, 6) is 0.659. The standard InChI is InChI=1S/C24H24N6O2/c25-14-17-13-18-15-32-12-9-21(18)28-24(17)27-19-1-3-20(4-2-19)30-23(31)6-5-22(29-30)16-7-10-26-11-8-16/h5-8,10-11,13,19-20H,1-4,9,12,15H2,(H,27,28). The Labute approximate surface area is 185 Å². The summed E-state index contributed by atoms with van der Waals surface area (Å²) in [6, 6.07) is 11.6. The predicted molar refractivity (Wildman–Crippen MR) is 119 cm³/mol. The molecule has 0 atom stereocenters. The third-order valence-electron chi connectivity index (χ3n) is 6.24. The van der Waals surface area contributed by atoms with Gasteiger partial charge in [-0.1, -0.05) is 0 Å². The van der Waals surface area contributed by atoms with E-state index in [1.54, 1.807) is 29.2 Å². The van der Waals surface area contributed by atoms with Crippen LogP contribution in [0.15, 0.2) is 47.5 Å². The van der Waals surface area contributed by atoms with Crippen molar-refractivity contribution in [2.45, 2.75) is 50.8 Å². The fourth-order valence-electron chi connectivity index (χ4n) is 4.50. The molecule has 1 fully saturated rings. The van der Waals surface area contributed by atoms with Gasteiger partial charge in [0, 0.05) is 42.0 Å². The van der Waals surface area contributed by atoms with Gasteiger partial charge in [0.05, 0.1) is 36.2 Å². The third kappa shape index (κ3) is 4.12. The number of nitrogens with one attached hydrogen (secondary N) is 1. The first-order chi connectivity index (χ1) is 15.7. The molecular formula is C24H24N6O2. The summed E-state index contributed by atoms with van der Waals surface area (Å²) in [5, 5.41) is 17.7. The maximum atomic E-state index is 12.5. The third-order valence-corrected chi connectivity index (χ3v) is 6.24. The Kier molecular flexibility index (Phi) is 5.65. The van der Waals surface area contributed by atoms with E-state index in [2.05, 4.69) is 21.5 Å². The molecule has 1 aliphatic heterocycles. The second-order valence-corrected chi connectivity index (χ2v) is 8.29. The van der Waals surface area contributed by atoms with E-state index in [-0.39, 0.29) is 17.6 Å². The largest absolute Gasteiger partial charge is 0.376 e. The van der Waals surface area contributed by atoms with Gasteiger partial charge in [-0.05, 0) is 49.9 Å². The van der Waals surface area contributed by atoms with E-state index in [9.17, 15) is 10.1 Å². The molecule has 1 aliphatic carbocycles. The van der Waals surface area contributed by atoms with Crippen LogP contribution in [0.1, 0.15) is 48.5 Å². The van der Waals surface area contributed by atoms with Crippen molar-refractivity contribution in [1.82, 2.24) is 19.7 Å². The van der Waals surface area contributed by atoms with Crippen LogP contribution in [0.25, 0.3) is 11.3 Å². The molecule has 0 aromatic carbocycles. The highest BCUT2D eigenvalue weighted by Crippen LogP contribution is 2.30. The average Bonchev–Trinajstić information content (AvgIpc) is 2.85. The average molecular weight is 428 g/mol. The van der Waals surface area contributed by atoms with Crippen molar-refractivity contribution < 1.29 is 4.74 Å². The number of rotatable bonds is 4. The normalized spacial score (nSPS) is 20.2. The zero-order valence-electron chi connectivity index (χ0n) is 17.7. The van der Waals surface area contributed by atoms with Gasteiger partial charge in [-0.15, -0.1) is 0 Å². The van der Waals surface area contributed by atoms with Gasteiger partial charge in [-0.25, -0.2) is 9.67 Å². The number of pyridine rings is 2. The topological polar surface area (TPSA) is 106 Å². The summed E-state index contributed by atoms with van der Waals surface area (Å²) in [7, 11) is 0. The lowest BCUT2D eigenvalue weighted by Gasteiger charge is -2.30. The minimum absolute atomic E-state index is 0.0615. The molecule has 1 N–H and O–H groups in total. The summed E-state index contributed by atoms with van der Waals surface area (Å²) in [5.41, 5.74) is 4.20. The van der Waals surface area contributed by atoms with Crippen LogP contribution in [-0.2, 0) is 17.8 Å². The summed E-state index contributed by atoms with van der Waals surface area (Å²) in [6.45, 7) is 1.18. The molecule has 3 aromatic rings. The number of nitrogens with zero attached hydrogens (tertiary/aromatic N) is 5. The second kappa shape index (κ2) is 8.89. The number of nitriles is 1. The molecule has 32 heavy (non-hydrogen) atoms. The molecular weight excluding hydrogens is 404 g/mol. The zero-order valence-corrected chi connectivity index (χ0v) is 17.7. The minimum atomic E-state index is -0.0791. The van der Waals surface area contributed by atoms with Crippen molar-refractivity contribution in [3.8, 4) is 17.3 Å². The molecule has 5 rings (SSSR count). The molecule has 8 nitrogen and oxygen atoms in total. The van der Waals surface area contributed by atoms with Crippen molar-refractivity contribution in [3.05, 3.63) is 69.9 Å². The van der Waals surface area contributed by atoms with E-state index in [0.717, 1.165) is 54.6 Å². The molecule has 3 aromatic heterocycles. The Balaban J connectivity index is 1.29. The van der Waals surface area contributed by atoms with Gasteiger partial charge in [0.2, 0.25) is 0 Å². The molecule has 0 amide bonds. The lowest BCUT2D eigenvalue weighted by atomic mass is 9.91. The minimum Gasteiger partial charge on any atom is -0.376 e. The van der Waals surface area contributed by atoms with Crippen molar-refractivity contribution in [3.63, 3.8) is 0 Å². The maximum absolute atomic E-state index is 12.5. The highest BCUT2D eigenvalue weighted by Gasteiger charge is 2.25. The summed E-state index contributed by atoms with van der Waals surface area (Å²) < 4.78 is 7.11. The van der Waals surface area contributed by atoms with Crippen molar-refractivity contribution in [2.24, 2.45) is 0 Å². The molecule has 2 aliphatic rings. The highest BCUT2D eigenvalue weighted by molar-refractivity contribution is 5.57. The van der Waals surface area contributed by atoms with E-state index >= 15 is 0 Å². The molecule has 0 bridgehead atoms. The van der Waals surface area contributed by atoms with Crippen molar-refractivity contribution >= 4 is 5.82 Å². The fraction of sp³-hybridized carbons (Fsp3) is 0.375. The maximum Gasteiger partial charge on any atom is 0.267 e. The van der Waals surface area contributed by atoms with Gasteiger partial charge in [-0.2, -0.15) is 10.4 Å². The van der Waals surface area contributed by atoms with Crippen LogP contribution < -0.4 is 10.9 Å². The number of aromatic nitrogens is 4. The molecule has 0 unspecified atom stereocenters. The summed E-state index contributed by atoms with van der Waals surface area (Å²) >= 11 is 0. The molecule has 0 radical (unpaired) electrons. The van der Waals surface area contributed by atoms with Crippen LogP contribution in [-0.4, -0.2) is 32.4 Å². The highest BCUT2D eigenvalue weighted by atomic mass is 16.5. The van der Waals surface area contributed by atoms with Crippen LogP contribution >= 0.6 is 0 Å². The quantitative estimate of drug-likeness (QED) is 0.680. The van der Waals surface area contributed by atoms with E-state index in [0.29, 0.717) is 24.6 Å². The Morgan fingerprint density at radius 2 is 1.94 bits per heavy atom. The van der Waals surface area contributed by atoms with Gasteiger partial charge in [0.15, 0.2) is 0 Å². The van der Waals surface area contributed by atoms with Gasteiger partial charge in [0.1, 0.15) is 11.9 Å². The van der Waals surface area contributed by atoms with Gasteiger partial charge < -0.3 is 10.1 Å². The zero-order chi connectivity index (χ0) is 21.9. The molecule has 162 valence electrons. The molecule has 0 spiro atoms. The Morgan fingerprint density at radius 1 is 1.12 bits per heavy atom. The monoisotopic (exact) mass is 428 g/mol. The van der Waals surface area contributed by atoms with E-state index in [1.165, 1.54) is 0 Å². The Morgan fingerprint density at radius 3 is 2.72 bits per heavy atom. The van der Waals surface area contributed by atoms with Crippen LogP contribution in [0.2, 0.25) is 0 Å². The van der Waals surface area contributed by atoms with Crippen LogP contribution in [0.4, 0.5) is 5.82 Å². The number of fused-ring (bicyclic) bond motifs is 1. The molecule has 4 heterocycles. The predicted octanol–water partition coefficient (Wildman–Crippen LogP) is 3.24. The smallest absolute Gasteiger partial charge is 0.267 e. The van der Waals surface area contributed by atoms with Gasteiger partial charge in [-0.3, -0.25) is 9.78 Å². The number of anilines is 1. The number of ether oxygens (including phenoxy) is 1. The SMILES string of the molecule is N#Cc1cc2c(nc1NC1CCC(n3nc(-c4ccncc4)ccc3=O)CC1)CCOC2. The van der Waals surface area contributed by atoms with Crippen LogP contribution in [0, 0.1) is 11.3 Å². The molecule has 1 saturated carbocycles. The van der Waals surface area contributed by atoms with Crippen molar-refractivity contribution in [1.29, 1.82) is 5.26 Å². The van der Waals surface area contributed by atoms with Gasteiger partial charge >= 0.3 is 0 Å². The van der Waals surface area contributed by atoms with Gasteiger partial charge in [0.25, 0.3) is 5.56 Å². The fourth-order valence-corrected chi connectivity index (χ4v) is 4.50. The summed E-state index contributed by atoms with van der Waals surface area (Å²) in [6.07, 6.45) is 7.65. The van der Waals surface area contributed by atoms with Crippen LogP contribution in [0.3, 0.4) is 0 Å². The second-order valence-electron chi connectivity index (χ2n) is 8.29. The first-order valence-electron chi connectivity index (χ1n) is 11.0. The van der Waals surface area contributed by atoms with E-state index in [1.807, 2.05) is 18.2 Å². The lowest BCUT2D eigenvalue weighted by Crippen LogP contribution is -2.33. The Bertz CT molecular complexity index is 1210. The lowest BCUT2D eigenvalue weighted by molar-refractivity contribution is 0.109. The number of hydrogen-bond donors (Lipinski definition) is 1. The summed E-state index contributed by atoms with van der Waals surface area (Å²) in [4.78, 5) is 21.3. The Hall–Kier alpha value is -3.57. The molecule has 8 heteroatoms. The molecule has 0 saturated heterocycles. The first kappa shape index (κ1) is 20.3. The first-order valence-corrected chi connectivity index (χ1v) is 11.0. The van der Waals surface area contributed by atoms with E-state index < -0.39 is 0 Å². The van der Waals surface area contributed by atoms with Crippen LogP contribution in [0.5, 0.6) is 0 Å². The number of hydrogen-bond acceptors (Lipinski definition) is 7. The van der Waals surface area contributed by atoms with Crippen molar-refractivity contribution in [2.75, 3.05) is 11.9 Å². The van der Waals surface area contributed by atoms with E-state index in [4.69, 9.17) is 9.72 Å².